The highest BCUT2D eigenvalue weighted by atomic mass is 16.6. The van der Waals surface area contributed by atoms with E-state index in [9.17, 15) is 15.3 Å². The molecule has 0 unspecified atom stereocenters. The van der Waals surface area contributed by atoms with E-state index < -0.39 is 10.7 Å². The number of ether oxygens (including phenoxy) is 1. The van der Waals surface area contributed by atoms with Crippen molar-refractivity contribution in [2.75, 3.05) is 13.7 Å². The molecule has 1 aliphatic carbocycles. The van der Waals surface area contributed by atoms with Crippen LogP contribution in [0.15, 0.2) is 40.9 Å². The van der Waals surface area contributed by atoms with E-state index in [4.69, 9.17) is 4.74 Å². The molecule has 3 rings (SSSR count). The van der Waals surface area contributed by atoms with Crippen LogP contribution in [-0.4, -0.2) is 38.5 Å². The molecule has 0 aliphatic heterocycles. The molecule has 0 spiro atoms. The minimum Gasteiger partial charge on any atom is -0.497 e. The lowest BCUT2D eigenvalue weighted by molar-refractivity contribution is -0.391. The summed E-state index contributed by atoms with van der Waals surface area (Å²) in [5.74, 6) is 0.145. The van der Waals surface area contributed by atoms with Crippen molar-refractivity contribution in [3.8, 4) is 11.4 Å². The van der Waals surface area contributed by atoms with Crippen LogP contribution in [0, 0.1) is 10.1 Å². The van der Waals surface area contributed by atoms with Gasteiger partial charge < -0.3 is 20.1 Å². The van der Waals surface area contributed by atoms with Crippen LogP contribution < -0.4 is 10.2 Å². The standard InChI is InChI=1S/C17H21N5O4/c1-26-15-9-7-14(8-10-15)20-19-17(22(24)25)16(21(20)23)18-12-11-13-5-3-2-4-6-13/h5,7-10,23H,2-4,6,11-12H2,1H3. The van der Waals surface area contributed by atoms with E-state index in [2.05, 4.69) is 16.2 Å². The topological polar surface area (TPSA) is 108 Å². The first kappa shape index (κ1) is 17.7. The summed E-state index contributed by atoms with van der Waals surface area (Å²) in [6.45, 7) is 0.363. The zero-order chi connectivity index (χ0) is 18.5. The minimum absolute atomic E-state index is 0.165. The summed E-state index contributed by atoms with van der Waals surface area (Å²) in [6, 6.07) is 6.63. The van der Waals surface area contributed by atoms with Gasteiger partial charge >= 0.3 is 5.82 Å². The Morgan fingerprint density at radius 1 is 1.35 bits per heavy atom. The Hall–Kier alpha value is -3.10. The van der Waals surface area contributed by atoms with Crippen LogP contribution in [-0.2, 0) is 0 Å². The molecule has 1 N–H and O–H groups in total. The van der Waals surface area contributed by atoms with Crippen molar-refractivity contribution in [1.82, 2.24) is 14.7 Å². The molecule has 9 heteroatoms. The molecule has 26 heavy (non-hydrogen) atoms. The molecule has 1 aromatic carbocycles. The number of allylic oxidation sites excluding steroid dienone is 1. The largest absolute Gasteiger partial charge is 0.497 e. The van der Waals surface area contributed by atoms with Crippen LogP contribution >= 0.6 is 0 Å². The SMILES string of the molecule is COc1ccc(-n2nc([N+](=O)[O-])c(=NCCC3=CCCCC3)n2O)cc1. The van der Waals surface area contributed by atoms with E-state index >= 15 is 0 Å². The lowest BCUT2D eigenvalue weighted by Crippen LogP contribution is -2.22. The normalized spacial score (nSPS) is 15.0. The second-order valence-corrected chi connectivity index (χ2v) is 6.02. The van der Waals surface area contributed by atoms with Gasteiger partial charge in [-0.25, -0.2) is 0 Å². The zero-order valence-electron chi connectivity index (χ0n) is 14.5. The van der Waals surface area contributed by atoms with Crippen LogP contribution in [0.25, 0.3) is 5.69 Å². The van der Waals surface area contributed by atoms with E-state index in [1.54, 1.807) is 31.4 Å². The highest BCUT2D eigenvalue weighted by Gasteiger charge is 2.23. The van der Waals surface area contributed by atoms with Gasteiger partial charge in [0.15, 0.2) is 0 Å². The molecule has 0 atom stereocenters. The summed E-state index contributed by atoms with van der Waals surface area (Å²) in [7, 11) is 1.54. The van der Waals surface area contributed by atoms with Gasteiger partial charge in [-0.05, 0) is 66.1 Å². The molecule has 0 bridgehead atoms. The molecule has 9 nitrogen and oxygen atoms in total. The Balaban J connectivity index is 1.90. The summed E-state index contributed by atoms with van der Waals surface area (Å²) in [5.41, 5.74) is 1.60. The second-order valence-electron chi connectivity index (χ2n) is 6.02. The van der Waals surface area contributed by atoms with Crippen LogP contribution in [0.3, 0.4) is 0 Å². The third kappa shape index (κ3) is 3.76. The van der Waals surface area contributed by atoms with Crippen molar-refractivity contribution >= 4 is 5.82 Å². The average molecular weight is 359 g/mol. The summed E-state index contributed by atoms with van der Waals surface area (Å²) in [5, 5.41) is 25.5. The third-order valence-electron chi connectivity index (χ3n) is 4.31. The molecule has 1 aliphatic rings. The van der Waals surface area contributed by atoms with Crippen molar-refractivity contribution in [3.63, 3.8) is 0 Å². The van der Waals surface area contributed by atoms with E-state index in [0.29, 0.717) is 22.8 Å². The van der Waals surface area contributed by atoms with Gasteiger partial charge in [0.1, 0.15) is 11.4 Å². The van der Waals surface area contributed by atoms with Gasteiger partial charge in [-0.3, -0.25) is 4.99 Å². The van der Waals surface area contributed by atoms with Gasteiger partial charge in [-0.15, -0.1) is 0 Å². The first-order chi connectivity index (χ1) is 12.6. The van der Waals surface area contributed by atoms with Crippen LogP contribution in [0.4, 0.5) is 5.82 Å². The predicted molar refractivity (Wildman–Crippen MR) is 93.5 cm³/mol. The van der Waals surface area contributed by atoms with Crippen molar-refractivity contribution in [1.29, 1.82) is 0 Å². The number of aromatic nitrogens is 3. The molecular weight excluding hydrogens is 338 g/mol. The molecule has 138 valence electrons. The maximum Gasteiger partial charge on any atom is 0.438 e. The molecule has 0 saturated carbocycles. The monoisotopic (exact) mass is 359 g/mol. The molecule has 0 amide bonds. The highest BCUT2D eigenvalue weighted by Crippen LogP contribution is 2.20. The molecule has 1 heterocycles. The number of hydrogen-bond donors (Lipinski definition) is 1. The maximum atomic E-state index is 11.3. The molecule has 2 aromatic rings. The third-order valence-corrected chi connectivity index (χ3v) is 4.31. The minimum atomic E-state index is -0.647. The number of benzene rings is 1. The first-order valence-corrected chi connectivity index (χ1v) is 8.49. The van der Waals surface area contributed by atoms with Crippen molar-refractivity contribution in [2.45, 2.75) is 32.1 Å². The van der Waals surface area contributed by atoms with Gasteiger partial charge in [-0.1, -0.05) is 16.5 Å². The highest BCUT2D eigenvalue weighted by molar-refractivity contribution is 5.36. The van der Waals surface area contributed by atoms with E-state index in [0.717, 1.165) is 24.1 Å². The lowest BCUT2D eigenvalue weighted by Gasteiger charge is -2.10. The van der Waals surface area contributed by atoms with Gasteiger partial charge in [0, 0.05) is 6.54 Å². The molecule has 0 fully saturated rings. The fourth-order valence-corrected chi connectivity index (χ4v) is 2.93. The quantitative estimate of drug-likeness (QED) is 0.369. The number of methoxy groups -OCH3 is 1. The Kier molecular flexibility index (Phi) is 5.35. The number of hydrogen-bond acceptors (Lipinski definition) is 6. The second kappa shape index (κ2) is 7.85. The van der Waals surface area contributed by atoms with Crippen LogP contribution in [0.5, 0.6) is 5.75 Å². The Bertz CT molecular complexity index is 880. The number of nitro groups is 1. The summed E-state index contributed by atoms with van der Waals surface area (Å²) in [6.07, 6.45) is 7.43. The number of nitrogens with zero attached hydrogens (tertiary/aromatic N) is 5. The zero-order valence-corrected chi connectivity index (χ0v) is 14.5. The Morgan fingerprint density at radius 2 is 2.12 bits per heavy atom. The van der Waals surface area contributed by atoms with E-state index in [1.807, 2.05) is 0 Å². The van der Waals surface area contributed by atoms with Crippen molar-refractivity contribution in [2.24, 2.45) is 4.99 Å². The average Bonchev–Trinajstić information content (AvgIpc) is 3.00. The van der Waals surface area contributed by atoms with Crippen LogP contribution in [0.1, 0.15) is 32.1 Å². The smallest absolute Gasteiger partial charge is 0.438 e. The van der Waals surface area contributed by atoms with Gasteiger partial charge in [0.2, 0.25) is 0 Å². The molecule has 1 aromatic heterocycles. The molecule has 0 saturated heterocycles. The fraction of sp³-hybridized carbons (Fsp3) is 0.412. The first-order valence-electron chi connectivity index (χ1n) is 8.49. The Morgan fingerprint density at radius 3 is 2.73 bits per heavy atom. The van der Waals surface area contributed by atoms with E-state index in [1.165, 1.54) is 18.4 Å². The fourth-order valence-electron chi connectivity index (χ4n) is 2.93. The van der Waals surface area contributed by atoms with Crippen molar-refractivity contribution < 1.29 is 14.9 Å². The van der Waals surface area contributed by atoms with Crippen molar-refractivity contribution in [3.05, 3.63) is 51.5 Å². The lowest BCUT2D eigenvalue weighted by atomic mass is 9.97. The van der Waals surface area contributed by atoms with Gasteiger partial charge in [-0.2, -0.15) is 0 Å². The van der Waals surface area contributed by atoms with E-state index in [-0.39, 0.29) is 5.49 Å². The summed E-state index contributed by atoms with van der Waals surface area (Å²) >= 11 is 0. The summed E-state index contributed by atoms with van der Waals surface area (Å²) in [4.78, 5) is 16.5. The number of rotatable bonds is 6. The Labute approximate surface area is 149 Å². The molecular formula is C17H21N5O4. The van der Waals surface area contributed by atoms with Gasteiger partial charge in [0.25, 0.3) is 5.49 Å². The van der Waals surface area contributed by atoms with Gasteiger partial charge in [0.05, 0.1) is 12.2 Å². The molecule has 0 radical (unpaired) electrons. The van der Waals surface area contributed by atoms with Crippen LogP contribution in [0.2, 0.25) is 0 Å². The summed E-state index contributed by atoms with van der Waals surface area (Å²) < 4.78 is 5.08. The maximum absolute atomic E-state index is 11.3. The predicted octanol–water partition coefficient (Wildman–Crippen LogP) is 2.62.